The molecule has 2 aliphatic rings. The minimum Gasteiger partial charge on any atom is -0.378 e. The Bertz CT molecular complexity index is 341. The standard InChI is InChI=1S/C16H32N4O.HI/c1-5-21-15-8-10-20(11-9-15)16(17-3)18-12-13(2)19(4)14-6-7-14;/h13-15H,5-12H2,1-4H3,(H,17,18);1H. The maximum atomic E-state index is 5.71. The van der Waals surface area contributed by atoms with E-state index in [9.17, 15) is 0 Å². The first-order chi connectivity index (χ1) is 10.2. The molecule has 1 unspecified atom stereocenters. The maximum Gasteiger partial charge on any atom is 0.193 e. The second kappa shape index (κ2) is 9.93. The SMILES string of the molecule is CCOC1CCN(C(=NC)NCC(C)N(C)C2CC2)CC1.I. The van der Waals surface area contributed by atoms with Gasteiger partial charge in [0.2, 0.25) is 0 Å². The van der Waals surface area contributed by atoms with Gasteiger partial charge in [-0.2, -0.15) is 0 Å². The van der Waals surface area contributed by atoms with E-state index in [1.54, 1.807) is 0 Å². The van der Waals surface area contributed by atoms with Crippen molar-refractivity contribution in [1.82, 2.24) is 15.1 Å². The minimum absolute atomic E-state index is 0. The Morgan fingerprint density at radius 3 is 2.45 bits per heavy atom. The third kappa shape index (κ3) is 5.85. The summed E-state index contributed by atoms with van der Waals surface area (Å²) >= 11 is 0. The van der Waals surface area contributed by atoms with E-state index in [2.05, 4.69) is 41.0 Å². The van der Waals surface area contributed by atoms with Gasteiger partial charge in [-0.15, -0.1) is 24.0 Å². The van der Waals surface area contributed by atoms with Gasteiger partial charge in [-0.05, 0) is 46.6 Å². The number of aliphatic imine (C=N–C) groups is 1. The zero-order valence-electron chi connectivity index (χ0n) is 14.5. The average Bonchev–Trinajstić information content (AvgIpc) is 3.33. The van der Waals surface area contributed by atoms with E-state index in [0.29, 0.717) is 12.1 Å². The molecule has 1 saturated carbocycles. The van der Waals surface area contributed by atoms with Gasteiger partial charge in [0.15, 0.2) is 5.96 Å². The molecule has 5 nitrogen and oxygen atoms in total. The molecule has 1 heterocycles. The van der Waals surface area contributed by atoms with E-state index in [1.807, 2.05) is 7.05 Å². The Morgan fingerprint density at radius 1 is 1.32 bits per heavy atom. The molecule has 0 amide bonds. The molecule has 1 aliphatic heterocycles. The quantitative estimate of drug-likeness (QED) is 0.403. The lowest BCUT2D eigenvalue weighted by atomic mass is 10.1. The first kappa shape index (κ1) is 20.0. The van der Waals surface area contributed by atoms with Crippen LogP contribution in [0.15, 0.2) is 4.99 Å². The van der Waals surface area contributed by atoms with Gasteiger partial charge in [0.1, 0.15) is 0 Å². The van der Waals surface area contributed by atoms with Crippen molar-refractivity contribution in [3.8, 4) is 0 Å². The van der Waals surface area contributed by atoms with Crippen molar-refractivity contribution in [1.29, 1.82) is 0 Å². The smallest absolute Gasteiger partial charge is 0.193 e. The van der Waals surface area contributed by atoms with Crippen LogP contribution in [0.5, 0.6) is 0 Å². The molecule has 1 aliphatic carbocycles. The fraction of sp³-hybridized carbons (Fsp3) is 0.938. The summed E-state index contributed by atoms with van der Waals surface area (Å²) in [5, 5.41) is 3.54. The van der Waals surface area contributed by atoms with Crippen molar-refractivity contribution in [2.24, 2.45) is 4.99 Å². The van der Waals surface area contributed by atoms with Gasteiger partial charge in [-0.25, -0.2) is 0 Å². The van der Waals surface area contributed by atoms with Crippen LogP contribution in [0.4, 0.5) is 0 Å². The molecular weight excluding hydrogens is 391 g/mol. The number of nitrogens with one attached hydrogen (secondary N) is 1. The van der Waals surface area contributed by atoms with Crippen molar-refractivity contribution < 1.29 is 4.74 Å². The predicted molar refractivity (Wildman–Crippen MR) is 103 cm³/mol. The highest BCUT2D eigenvalue weighted by Gasteiger charge is 2.29. The topological polar surface area (TPSA) is 40.1 Å². The van der Waals surface area contributed by atoms with Crippen LogP contribution in [0.1, 0.15) is 39.5 Å². The Labute approximate surface area is 152 Å². The van der Waals surface area contributed by atoms with Crippen LogP contribution in [-0.2, 0) is 4.74 Å². The number of ether oxygens (including phenoxy) is 1. The van der Waals surface area contributed by atoms with E-state index in [0.717, 1.165) is 51.1 Å². The number of rotatable bonds is 6. The number of hydrogen-bond acceptors (Lipinski definition) is 3. The van der Waals surface area contributed by atoms with Crippen molar-refractivity contribution >= 4 is 29.9 Å². The molecule has 1 N–H and O–H groups in total. The number of hydrogen-bond donors (Lipinski definition) is 1. The Kier molecular flexibility index (Phi) is 9.01. The molecule has 2 rings (SSSR count). The molecule has 0 spiro atoms. The fourth-order valence-electron chi connectivity index (χ4n) is 3.03. The van der Waals surface area contributed by atoms with Crippen molar-refractivity contribution in [2.45, 2.75) is 57.7 Å². The van der Waals surface area contributed by atoms with Crippen LogP contribution in [-0.4, -0.2) is 74.3 Å². The van der Waals surface area contributed by atoms with Crippen LogP contribution in [0.2, 0.25) is 0 Å². The highest BCUT2D eigenvalue weighted by Crippen LogP contribution is 2.26. The van der Waals surface area contributed by atoms with Crippen LogP contribution < -0.4 is 5.32 Å². The zero-order chi connectivity index (χ0) is 15.2. The second-order valence-electron chi connectivity index (χ2n) is 6.32. The molecule has 0 radical (unpaired) electrons. The second-order valence-corrected chi connectivity index (χ2v) is 6.32. The molecule has 2 fully saturated rings. The lowest BCUT2D eigenvalue weighted by Gasteiger charge is -2.35. The highest BCUT2D eigenvalue weighted by molar-refractivity contribution is 14.0. The van der Waals surface area contributed by atoms with Crippen LogP contribution in [0.25, 0.3) is 0 Å². The molecule has 0 aromatic rings. The van der Waals surface area contributed by atoms with Gasteiger partial charge < -0.3 is 15.0 Å². The van der Waals surface area contributed by atoms with E-state index in [4.69, 9.17) is 4.74 Å². The molecule has 130 valence electrons. The Balaban J connectivity index is 0.00000242. The summed E-state index contributed by atoms with van der Waals surface area (Å²) in [6.45, 7) is 8.23. The zero-order valence-corrected chi connectivity index (χ0v) is 16.9. The van der Waals surface area contributed by atoms with Crippen LogP contribution >= 0.6 is 24.0 Å². The van der Waals surface area contributed by atoms with Crippen molar-refractivity contribution in [2.75, 3.05) is 40.3 Å². The van der Waals surface area contributed by atoms with E-state index in [1.165, 1.54) is 12.8 Å². The summed E-state index contributed by atoms with van der Waals surface area (Å²) in [7, 11) is 4.12. The van der Waals surface area contributed by atoms with Crippen molar-refractivity contribution in [3.05, 3.63) is 0 Å². The molecule has 1 saturated heterocycles. The number of likely N-dealkylation sites (N-methyl/N-ethyl adjacent to an activating group) is 1. The van der Waals surface area contributed by atoms with E-state index in [-0.39, 0.29) is 24.0 Å². The van der Waals surface area contributed by atoms with Gasteiger partial charge in [0.05, 0.1) is 6.10 Å². The van der Waals surface area contributed by atoms with E-state index < -0.39 is 0 Å². The maximum absolute atomic E-state index is 5.71. The van der Waals surface area contributed by atoms with E-state index >= 15 is 0 Å². The Morgan fingerprint density at radius 2 is 1.95 bits per heavy atom. The number of guanidine groups is 1. The average molecular weight is 424 g/mol. The first-order valence-electron chi connectivity index (χ1n) is 8.44. The molecule has 1 atom stereocenters. The van der Waals surface area contributed by atoms with Gasteiger partial charge in [0, 0.05) is 45.4 Å². The number of halogens is 1. The molecule has 0 bridgehead atoms. The lowest BCUT2D eigenvalue weighted by molar-refractivity contribution is 0.0263. The molecular formula is C16H33IN4O. The monoisotopic (exact) mass is 424 g/mol. The fourth-order valence-corrected chi connectivity index (χ4v) is 3.03. The first-order valence-corrected chi connectivity index (χ1v) is 8.44. The summed E-state index contributed by atoms with van der Waals surface area (Å²) in [5.74, 6) is 1.04. The van der Waals surface area contributed by atoms with Gasteiger partial charge in [-0.1, -0.05) is 0 Å². The van der Waals surface area contributed by atoms with Gasteiger partial charge >= 0.3 is 0 Å². The minimum atomic E-state index is 0. The third-order valence-electron chi connectivity index (χ3n) is 4.73. The molecule has 6 heteroatoms. The summed E-state index contributed by atoms with van der Waals surface area (Å²) in [4.78, 5) is 9.29. The highest BCUT2D eigenvalue weighted by atomic mass is 127. The number of likely N-dealkylation sites (tertiary alicyclic amines) is 1. The predicted octanol–water partition coefficient (Wildman–Crippen LogP) is 2.16. The summed E-state index contributed by atoms with van der Waals surface area (Å²) < 4.78 is 5.71. The van der Waals surface area contributed by atoms with Crippen LogP contribution in [0, 0.1) is 0 Å². The van der Waals surface area contributed by atoms with Crippen molar-refractivity contribution in [3.63, 3.8) is 0 Å². The van der Waals surface area contributed by atoms with Gasteiger partial charge in [0.25, 0.3) is 0 Å². The molecule has 0 aromatic carbocycles. The van der Waals surface area contributed by atoms with Gasteiger partial charge in [-0.3, -0.25) is 9.89 Å². The summed E-state index contributed by atoms with van der Waals surface area (Å²) in [6, 6.07) is 1.36. The summed E-state index contributed by atoms with van der Waals surface area (Å²) in [6.07, 6.45) is 5.36. The number of nitrogens with zero attached hydrogens (tertiary/aromatic N) is 3. The Hall–Kier alpha value is -0.0800. The normalized spacial score (nSPS) is 21.7. The van der Waals surface area contributed by atoms with Crippen LogP contribution in [0.3, 0.4) is 0 Å². The summed E-state index contributed by atoms with van der Waals surface area (Å²) in [5.41, 5.74) is 0. The molecule has 22 heavy (non-hydrogen) atoms. The third-order valence-corrected chi connectivity index (χ3v) is 4.73. The number of piperidine rings is 1. The molecule has 0 aromatic heterocycles. The lowest BCUT2D eigenvalue weighted by Crippen LogP contribution is -2.50. The largest absolute Gasteiger partial charge is 0.378 e.